The van der Waals surface area contributed by atoms with Crippen molar-refractivity contribution in [1.29, 1.82) is 0 Å². The number of hydrogen-bond acceptors (Lipinski definition) is 4. The first-order valence-electron chi connectivity index (χ1n) is 6.19. The number of hydrogen-bond donors (Lipinski definition) is 1. The molecule has 0 radical (unpaired) electrons. The van der Waals surface area contributed by atoms with Gasteiger partial charge in [-0.05, 0) is 15.9 Å². The standard InChI is InChI=1S/C13H18BrFN2O2/c1-18-11-7-10(15)12(14)9(13(11)19-2)8-17-5-3-16-4-6-17/h7,16H,3-6,8H2,1-2H3. The SMILES string of the molecule is COc1cc(F)c(Br)c(CN2CCNCC2)c1OC. The number of nitrogens with zero attached hydrogens (tertiary/aromatic N) is 1. The van der Waals surface area contributed by atoms with Crippen LogP contribution in [0.15, 0.2) is 10.5 Å². The van der Waals surface area contributed by atoms with Crippen LogP contribution >= 0.6 is 15.9 Å². The van der Waals surface area contributed by atoms with Crippen molar-refractivity contribution in [2.45, 2.75) is 6.54 Å². The Morgan fingerprint density at radius 1 is 1.32 bits per heavy atom. The molecule has 0 saturated carbocycles. The largest absolute Gasteiger partial charge is 0.493 e. The smallest absolute Gasteiger partial charge is 0.166 e. The van der Waals surface area contributed by atoms with Crippen molar-refractivity contribution >= 4 is 15.9 Å². The van der Waals surface area contributed by atoms with E-state index in [1.54, 1.807) is 7.11 Å². The Balaban J connectivity index is 2.33. The van der Waals surface area contributed by atoms with Gasteiger partial charge in [-0.2, -0.15) is 0 Å². The summed E-state index contributed by atoms with van der Waals surface area (Å²) in [6, 6.07) is 1.34. The highest BCUT2D eigenvalue weighted by Crippen LogP contribution is 2.38. The number of ether oxygens (including phenoxy) is 2. The highest BCUT2D eigenvalue weighted by atomic mass is 79.9. The van der Waals surface area contributed by atoms with Crippen molar-refractivity contribution in [2.24, 2.45) is 0 Å². The lowest BCUT2D eigenvalue weighted by atomic mass is 10.1. The minimum absolute atomic E-state index is 0.331. The molecule has 0 unspecified atom stereocenters. The Labute approximate surface area is 121 Å². The molecular formula is C13H18BrFN2O2. The summed E-state index contributed by atoms with van der Waals surface area (Å²) in [5.74, 6) is 0.686. The number of piperazine rings is 1. The maximum atomic E-state index is 13.9. The first-order chi connectivity index (χ1) is 9.17. The molecule has 1 aliphatic heterocycles. The highest BCUT2D eigenvalue weighted by molar-refractivity contribution is 9.10. The van der Waals surface area contributed by atoms with Crippen molar-refractivity contribution in [3.05, 3.63) is 21.9 Å². The molecule has 0 bridgehead atoms. The van der Waals surface area contributed by atoms with Gasteiger partial charge >= 0.3 is 0 Å². The Morgan fingerprint density at radius 3 is 2.58 bits per heavy atom. The van der Waals surface area contributed by atoms with Gasteiger partial charge in [0.15, 0.2) is 11.5 Å². The molecule has 4 nitrogen and oxygen atoms in total. The van der Waals surface area contributed by atoms with Crippen LogP contribution < -0.4 is 14.8 Å². The van der Waals surface area contributed by atoms with Crippen molar-refractivity contribution in [3.8, 4) is 11.5 Å². The number of methoxy groups -OCH3 is 2. The third kappa shape index (κ3) is 3.19. The second-order valence-corrected chi connectivity index (χ2v) is 5.21. The van der Waals surface area contributed by atoms with E-state index in [-0.39, 0.29) is 5.82 Å². The number of benzene rings is 1. The van der Waals surface area contributed by atoms with E-state index in [2.05, 4.69) is 26.1 Å². The summed E-state index contributed by atoms with van der Waals surface area (Å²) in [6.45, 7) is 4.42. The van der Waals surface area contributed by atoms with E-state index in [9.17, 15) is 4.39 Å². The molecule has 1 aromatic rings. The minimum atomic E-state index is -0.331. The van der Waals surface area contributed by atoms with Gasteiger partial charge in [-0.15, -0.1) is 0 Å². The van der Waals surface area contributed by atoms with Crippen LogP contribution in [0.3, 0.4) is 0 Å². The highest BCUT2D eigenvalue weighted by Gasteiger charge is 2.21. The maximum Gasteiger partial charge on any atom is 0.166 e. The van der Waals surface area contributed by atoms with Gasteiger partial charge < -0.3 is 14.8 Å². The zero-order valence-corrected chi connectivity index (χ0v) is 12.7. The predicted molar refractivity (Wildman–Crippen MR) is 75.4 cm³/mol. The van der Waals surface area contributed by atoms with E-state index < -0.39 is 0 Å². The van der Waals surface area contributed by atoms with Crippen LogP contribution in [0, 0.1) is 5.82 Å². The monoisotopic (exact) mass is 332 g/mol. The summed E-state index contributed by atoms with van der Waals surface area (Å²) >= 11 is 3.31. The van der Waals surface area contributed by atoms with Gasteiger partial charge in [-0.1, -0.05) is 0 Å². The molecule has 0 aromatic heterocycles. The molecule has 1 aromatic carbocycles. The maximum absolute atomic E-state index is 13.9. The Kier molecular flexibility index (Phi) is 5.01. The fourth-order valence-corrected chi connectivity index (χ4v) is 2.67. The van der Waals surface area contributed by atoms with Crippen molar-refractivity contribution in [2.75, 3.05) is 40.4 Å². The predicted octanol–water partition coefficient (Wildman–Crippen LogP) is 2.01. The fraction of sp³-hybridized carbons (Fsp3) is 0.538. The van der Waals surface area contributed by atoms with Crippen LogP contribution in [-0.4, -0.2) is 45.3 Å². The van der Waals surface area contributed by atoms with Crippen LogP contribution in [0.4, 0.5) is 4.39 Å². The molecule has 0 spiro atoms. The lowest BCUT2D eigenvalue weighted by molar-refractivity contribution is 0.228. The molecule has 6 heteroatoms. The van der Waals surface area contributed by atoms with Gasteiger partial charge in [0.1, 0.15) is 5.82 Å². The van der Waals surface area contributed by atoms with Crippen molar-refractivity contribution in [3.63, 3.8) is 0 Å². The molecular weight excluding hydrogens is 315 g/mol. The van der Waals surface area contributed by atoms with Crippen LogP contribution in [0.25, 0.3) is 0 Å². The molecule has 1 fully saturated rings. The van der Waals surface area contributed by atoms with Crippen LogP contribution in [0.2, 0.25) is 0 Å². The molecule has 0 amide bonds. The Bertz CT molecular complexity index is 451. The normalized spacial score (nSPS) is 16.4. The second-order valence-electron chi connectivity index (χ2n) is 4.41. The summed E-state index contributed by atoms with van der Waals surface area (Å²) in [5, 5.41) is 3.29. The van der Waals surface area contributed by atoms with E-state index in [1.165, 1.54) is 13.2 Å². The van der Waals surface area contributed by atoms with E-state index in [4.69, 9.17) is 9.47 Å². The first kappa shape index (κ1) is 14.6. The molecule has 106 valence electrons. The third-order valence-corrected chi connectivity index (χ3v) is 4.10. The lowest BCUT2D eigenvalue weighted by Gasteiger charge is -2.28. The topological polar surface area (TPSA) is 33.7 Å². The lowest BCUT2D eigenvalue weighted by Crippen LogP contribution is -2.43. The van der Waals surface area contributed by atoms with Gasteiger partial charge in [0.05, 0.1) is 18.7 Å². The van der Waals surface area contributed by atoms with Gasteiger partial charge in [0, 0.05) is 44.4 Å². The number of halogens is 2. The third-order valence-electron chi connectivity index (χ3n) is 3.25. The van der Waals surface area contributed by atoms with Gasteiger partial charge in [-0.25, -0.2) is 4.39 Å². The van der Waals surface area contributed by atoms with Gasteiger partial charge in [0.2, 0.25) is 0 Å². The van der Waals surface area contributed by atoms with Crippen molar-refractivity contribution < 1.29 is 13.9 Å². The van der Waals surface area contributed by atoms with Crippen LogP contribution in [0.1, 0.15) is 5.56 Å². The fourth-order valence-electron chi connectivity index (χ4n) is 2.25. The van der Waals surface area contributed by atoms with Gasteiger partial charge in [0.25, 0.3) is 0 Å². The summed E-state index contributed by atoms with van der Waals surface area (Å²) < 4.78 is 24.9. The molecule has 0 aliphatic carbocycles. The molecule has 0 atom stereocenters. The van der Waals surface area contributed by atoms with E-state index in [0.717, 1.165) is 31.7 Å². The first-order valence-corrected chi connectivity index (χ1v) is 6.98. The summed E-state index contributed by atoms with van der Waals surface area (Å²) in [5.41, 5.74) is 0.793. The Hall–Kier alpha value is -0.850. The Morgan fingerprint density at radius 2 is 2.00 bits per heavy atom. The second kappa shape index (κ2) is 6.54. The zero-order valence-electron chi connectivity index (χ0n) is 11.1. The van der Waals surface area contributed by atoms with E-state index in [1.807, 2.05) is 0 Å². The number of nitrogens with one attached hydrogen (secondary N) is 1. The summed E-state index contributed by atoms with van der Waals surface area (Å²) in [4.78, 5) is 2.26. The number of rotatable bonds is 4. The van der Waals surface area contributed by atoms with E-state index in [0.29, 0.717) is 22.5 Å². The minimum Gasteiger partial charge on any atom is -0.493 e. The average molecular weight is 333 g/mol. The van der Waals surface area contributed by atoms with Crippen LogP contribution in [0.5, 0.6) is 11.5 Å². The zero-order chi connectivity index (χ0) is 13.8. The molecule has 19 heavy (non-hydrogen) atoms. The molecule has 1 saturated heterocycles. The molecule has 1 heterocycles. The van der Waals surface area contributed by atoms with Crippen LogP contribution in [-0.2, 0) is 6.54 Å². The van der Waals surface area contributed by atoms with Gasteiger partial charge in [-0.3, -0.25) is 4.90 Å². The summed E-state index contributed by atoms with van der Waals surface area (Å²) in [7, 11) is 3.09. The van der Waals surface area contributed by atoms with Crippen molar-refractivity contribution in [1.82, 2.24) is 10.2 Å². The molecule has 2 rings (SSSR count). The molecule has 1 aliphatic rings. The quantitative estimate of drug-likeness (QED) is 0.914. The average Bonchev–Trinajstić information content (AvgIpc) is 2.44. The van der Waals surface area contributed by atoms with E-state index >= 15 is 0 Å². The molecule has 1 N–H and O–H groups in total. The summed E-state index contributed by atoms with van der Waals surface area (Å²) in [6.07, 6.45) is 0.